The van der Waals surface area contributed by atoms with Crippen molar-refractivity contribution in [3.8, 4) is 0 Å². The van der Waals surface area contributed by atoms with Crippen molar-refractivity contribution >= 4 is 9.28 Å². The van der Waals surface area contributed by atoms with Crippen molar-refractivity contribution < 1.29 is 9.59 Å². The van der Waals surface area contributed by atoms with Crippen molar-refractivity contribution in [3.05, 3.63) is 0 Å². The van der Waals surface area contributed by atoms with Crippen LogP contribution in [0.15, 0.2) is 0 Å². The quantitative estimate of drug-likeness (QED) is 0.398. The molecule has 0 amide bonds. The zero-order valence-electron chi connectivity index (χ0n) is 7.16. The SMILES string of the molecule is CC(CCCCCN)[SiH](O)O. The predicted octanol–water partition coefficient (Wildman–Crippen LogP) is 0.101. The molecule has 68 valence electrons. The molecule has 0 heterocycles. The van der Waals surface area contributed by atoms with Gasteiger partial charge in [0.05, 0.1) is 0 Å². The lowest BCUT2D eigenvalue weighted by Gasteiger charge is -2.10. The second-order valence-corrected chi connectivity index (χ2v) is 4.99. The molecule has 0 saturated carbocycles. The van der Waals surface area contributed by atoms with E-state index in [4.69, 9.17) is 15.3 Å². The molecule has 1 unspecified atom stereocenters. The van der Waals surface area contributed by atoms with Gasteiger partial charge in [0.2, 0.25) is 0 Å². The van der Waals surface area contributed by atoms with Crippen molar-refractivity contribution in [2.75, 3.05) is 6.54 Å². The van der Waals surface area contributed by atoms with Crippen LogP contribution in [0.1, 0.15) is 32.6 Å². The van der Waals surface area contributed by atoms with E-state index in [-0.39, 0.29) is 5.54 Å². The van der Waals surface area contributed by atoms with Gasteiger partial charge in [-0.05, 0) is 24.9 Å². The van der Waals surface area contributed by atoms with E-state index in [1.807, 2.05) is 6.92 Å². The molecule has 0 saturated heterocycles. The minimum absolute atomic E-state index is 0.132. The van der Waals surface area contributed by atoms with Gasteiger partial charge in [-0.2, -0.15) is 0 Å². The number of unbranched alkanes of at least 4 members (excludes halogenated alkanes) is 2. The molecule has 1 atom stereocenters. The Balaban J connectivity index is 3.10. The Morgan fingerprint density at radius 2 is 1.91 bits per heavy atom. The van der Waals surface area contributed by atoms with Crippen molar-refractivity contribution in [2.24, 2.45) is 5.73 Å². The monoisotopic (exact) mass is 177 g/mol. The highest BCUT2D eigenvalue weighted by atomic mass is 28.3. The van der Waals surface area contributed by atoms with Crippen LogP contribution in [0.5, 0.6) is 0 Å². The maximum absolute atomic E-state index is 8.85. The van der Waals surface area contributed by atoms with Crippen LogP contribution in [0.2, 0.25) is 5.54 Å². The minimum atomic E-state index is -2.35. The normalized spacial score (nSPS) is 13.9. The first-order valence-electron chi connectivity index (χ1n) is 4.24. The lowest BCUT2D eigenvalue weighted by molar-refractivity contribution is 0.381. The molecule has 4 N–H and O–H groups in total. The first kappa shape index (κ1) is 11.1. The van der Waals surface area contributed by atoms with Crippen LogP contribution in [0.4, 0.5) is 0 Å². The average Bonchev–Trinajstić information content (AvgIpc) is 1.97. The highest BCUT2D eigenvalue weighted by Crippen LogP contribution is 2.15. The molecule has 11 heavy (non-hydrogen) atoms. The summed E-state index contributed by atoms with van der Waals surface area (Å²) in [5.41, 5.74) is 5.45. The van der Waals surface area contributed by atoms with Gasteiger partial charge in [0.25, 0.3) is 0 Å². The third-order valence-corrected chi connectivity index (χ3v) is 3.22. The molecule has 0 aromatic heterocycles. The summed E-state index contributed by atoms with van der Waals surface area (Å²) in [6, 6.07) is 0. The molecular formula is C7H19NO2Si. The van der Waals surface area contributed by atoms with Crippen LogP contribution in [0, 0.1) is 0 Å². The van der Waals surface area contributed by atoms with Crippen LogP contribution >= 0.6 is 0 Å². The largest absolute Gasteiger partial charge is 0.413 e. The molecule has 0 bridgehead atoms. The molecule has 0 aliphatic rings. The van der Waals surface area contributed by atoms with Gasteiger partial charge in [-0.25, -0.2) is 0 Å². The molecule has 0 aromatic carbocycles. The third-order valence-electron chi connectivity index (χ3n) is 1.87. The van der Waals surface area contributed by atoms with Gasteiger partial charge in [-0.15, -0.1) is 0 Å². The first-order valence-corrected chi connectivity index (χ1v) is 5.94. The summed E-state index contributed by atoms with van der Waals surface area (Å²) >= 11 is 0. The molecule has 0 aromatic rings. The van der Waals surface area contributed by atoms with Gasteiger partial charge < -0.3 is 15.3 Å². The van der Waals surface area contributed by atoms with Crippen LogP contribution < -0.4 is 5.73 Å². The van der Waals surface area contributed by atoms with Gasteiger partial charge >= 0.3 is 9.28 Å². The summed E-state index contributed by atoms with van der Waals surface area (Å²) in [5, 5.41) is 0. The van der Waals surface area contributed by atoms with E-state index >= 15 is 0 Å². The standard InChI is InChI=1S/C7H19NO2Si/c1-7(11(9)10)5-3-2-4-6-8/h7,9-11H,2-6,8H2,1H3. The lowest BCUT2D eigenvalue weighted by atomic mass is 10.1. The fraction of sp³-hybridized carbons (Fsp3) is 1.00. The molecule has 0 fully saturated rings. The Bertz CT molecular complexity index is 90.5. The van der Waals surface area contributed by atoms with Crippen molar-refractivity contribution in [1.82, 2.24) is 0 Å². The highest BCUT2D eigenvalue weighted by molar-refractivity contribution is 6.42. The molecule has 0 rings (SSSR count). The lowest BCUT2D eigenvalue weighted by Crippen LogP contribution is -2.17. The molecule has 3 nitrogen and oxygen atoms in total. The summed E-state index contributed by atoms with van der Waals surface area (Å²) < 4.78 is 0. The molecule has 0 aliphatic heterocycles. The van der Waals surface area contributed by atoms with E-state index < -0.39 is 9.28 Å². The first-order chi connectivity index (χ1) is 5.18. The van der Waals surface area contributed by atoms with Gasteiger partial charge in [0.15, 0.2) is 0 Å². The van der Waals surface area contributed by atoms with Gasteiger partial charge in [-0.3, -0.25) is 0 Å². The Morgan fingerprint density at radius 3 is 2.36 bits per heavy atom. The summed E-state index contributed by atoms with van der Waals surface area (Å²) in [7, 11) is -2.35. The minimum Gasteiger partial charge on any atom is -0.413 e. The van der Waals surface area contributed by atoms with E-state index in [1.54, 1.807) is 0 Å². The van der Waals surface area contributed by atoms with Crippen LogP contribution in [-0.4, -0.2) is 25.4 Å². The van der Waals surface area contributed by atoms with Crippen molar-refractivity contribution in [1.29, 1.82) is 0 Å². The number of nitrogens with two attached hydrogens (primary N) is 1. The smallest absolute Gasteiger partial charge is 0.318 e. The van der Waals surface area contributed by atoms with E-state index in [0.717, 1.165) is 32.2 Å². The van der Waals surface area contributed by atoms with Crippen LogP contribution in [-0.2, 0) is 0 Å². The van der Waals surface area contributed by atoms with Crippen LogP contribution in [0.25, 0.3) is 0 Å². The van der Waals surface area contributed by atoms with Gasteiger partial charge in [0.1, 0.15) is 0 Å². The van der Waals surface area contributed by atoms with E-state index in [1.165, 1.54) is 0 Å². The second kappa shape index (κ2) is 6.79. The number of hydrogen-bond donors (Lipinski definition) is 3. The summed E-state index contributed by atoms with van der Waals surface area (Å²) in [6.07, 6.45) is 4.17. The van der Waals surface area contributed by atoms with Gasteiger partial charge in [0, 0.05) is 0 Å². The summed E-state index contributed by atoms with van der Waals surface area (Å²) in [4.78, 5) is 17.7. The maximum Gasteiger partial charge on any atom is 0.318 e. The topological polar surface area (TPSA) is 66.5 Å². The average molecular weight is 177 g/mol. The zero-order chi connectivity index (χ0) is 8.69. The fourth-order valence-corrected chi connectivity index (χ4v) is 1.47. The molecule has 0 spiro atoms. The van der Waals surface area contributed by atoms with Crippen molar-refractivity contribution in [3.63, 3.8) is 0 Å². The summed E-state index contributed by atoms with van der Waals surface area (Å²) in [6.45, 7) is 2.65. The Morgan fingerprint density at radius 1 is 1.27 bits per heavy atom. The zero-order valence-corrected chi connectivity index (χ0v) is 8.32. The maximum atomic E-state index is 8.85. The third kappa shape index (κ3) is 6.49. The fourth-order valence-electron chi connectivity index (χ4n) is 0.936. The van der Waals surface area contributed by atoms with Gasteiger partial charge in [-0.1, -0.05) is 19.8 Å². The number of rotatable bonds is 6. The molecule has 4 heteroatoms. The van der Waals surface area contributed by atoms with Crippen molar-refractivity contribution in [2.45, 2.75) is 38.1 Å². The number of hydrogen-bond acceptors (Lipinski definition) is 3. The van der Waals surface area contributed by atoms with E-state index in [0.29, 0.717) is 0 Å². The molecular weight excluding hydrogens is 158 g/mol. The Hall–Kier alpha value is 0.0969. The van der Waals surface area contributed by atoms with Crippen LogP contribution in [0.3, 0.4) is 0 Å². The van der Waals surface area contributed by atoms with E-state index in [2.05, 4.69) is 0 Å². The Labute approximate surface area is 70.1 Å². The highest BCUT2D eigenvalue weighted by Gasteiger charge is 2.12. The summed E-state index contributed by atoms with van der Waals surface area (Å²) in [5.74, 6) is 0. The molecule has 0 radical (unpaired) electrons. The molecule has 0 aliphatic carbocycles. The second-order valence-electron chi connectivity index (χ2n) is 3.03. The van der Waals surface area contributed by atoms with E-state index in [9.17, 15) is 0 Å². The Kier molecular flexibility index (Phi) is 6.85. The predicted molar refractivity (Wildman–Crippen MR) is 48.5 cm³/mol.